The van der Waals surface area contributed by atoms with Crippen molar-refractivity contribution < 1.29 is 4.74 Å². The first-order valence-electron chi connectivity index (χ1n) is 7.96. The van der Waals surface area contributed by atoms with Crippen LogP contribution in [0.2, 0.25) is 0 Å². The van der Waals surface area contributed by atoms with Gasteiger partial charge in [-0.1, -0.05) is 0 Å². The average Bonchev–Trinajstić information content (AvgIpc) is 2.53. The van der Waals surface area contributed by atoms with Gasteiger partial charge in [0, 0.05) is 44.1 Å². The molecule has 0 aromatic heterocycles. The average molecular weight is 314 g/mol. The molecule has 0 aromatic carbocycles. The zero-order chi connectivity index (χ0) is 15.1. The van der Waals surface area contributed by atoms with E-state index in [4.69, 9.17) is 4.74 Å². The Morgan fingerprint density at radius 1 is 1.38 bits per heavy atom. The standard InChI is InChI=1S/C15H30N4OS/c1-16-14(18-13-5-4-10-21-11-13)17-12-15(19(2)3)6-8-20-9-7-15/h13H,4-12H2,1-3H3,(H2,16,17,18). The monoisotopic (exact) mass is 314 g/mol. The fraction of sp³-hybridized carbons (Fsp3) is 0.933. The molecule has 2 rings (SSSR count). The molecule has 6 heteroatoms. The van der Waals surface area contributed by atoms with E-state index in [0.717, 1.165) is 38.6 Å². The Bertz CT molecular complexity index is 337. The van der Waals surface area contributed by atoms with E-state index in [-0.39, 0.29) is 5.54 Å². The summed E-state index contributed by atoms with van der Waals surface area (Å²) in [5.74, 6) is 3.43. The summed E-state index contributed by atoms with van der Waals surface area (Å²) in [7, 11) is 6.19. The summed E-state index contributed by atoms with van der Waals surface area (Å²) >= 11 is 2.04. The lowest BCUT2D eigenvalue weighted by Crippen LogP contribution is -2.58. The van der Waals surface area contributed by atoms with Gasteiger partial charge in [0.05, 0.1) is 0 Å². The molecule has 0 aliphatic carbocycles. The highest BCUT2D eigenvalue weighted by molar-refractivity contribution is 7.99. The molecule has 5 nitrogen and oxygen atoms in total. The SMILES string of the molecule is CN=C(NCC1(N(C)C)CCOCC1)NC1CCCSC1. The molecule has 2 heterocycles. The molecule has 0 saturated carbocycles. The Balaban J connectivity index is 1.85. The van der Waals surface area contributed by atoms with Crippen LogP contribution in [0.15, 0.2) is 4.99 Å². The highest BCUT2D eigenvalue weighted by Gasteiger charge is 2.34. The maximum atomic E-state index is 5.53. The van der Waals surface area contributed by atoms with E-state index >= 15 is 0 Å². The summed E-state index contributed by atoms with van der Waals surface area (Å²) < 4.78 is 5.53. The van der Waals surface area contributed by atoms with E-state index in [1.807, 2.05) is 18.8 Å². The molecule has 21 heavy (non-hydrogen) atoms. The third-order valence-electron chi connectivity index (χ3n) is 4.68. The smallest absolute Gasteiger partial charge is 0.191 e. The topological polar surface area (TPSA) is 48.9 Å². The zero-order valence-electron chi connectivity index (χ0n) is 13.7. The van der Waals surface area contributed by atoms with Gasteiger partial charge in [-0.25, -0.2) is 0 Å². The van der Waals surface area contributed by atoms with Crippen molar-refractivity contribution in [3.63, 3.8) is 0 Å². The van der Waals surface area contributed by atoms with Crippen LogP contribution in [0.3, 0.4) is 0 Å². The summed E-state index contributed by atoms with van der Waals surface area (Å²) in [5.41, 5.74) is 0.178. The van der Waals surface area contributed by atoms with E-state index in [9.17, 15) is 0 Å². The molecular weight excluding hydrogens is 284 g/mol. The molecule has 0 aromatic rings. The van der Waals surface area contributed by atoms with Crippen LogP contribution in [0.1, 0.15) is 25.7 Å². The van der Waals surface area contributed by atoms with Gasteiger partial charge in [-0.3, -0.25) is 4.99 Å². The van der Waals surface area contributed by atoms with Crippen LogP contribution in [-0.4, -0.2) is 74.8 Å². The number of hydrogen-bond acceptors (Lipinski definition) is 4. The first-order chi connectivity index (χ1) is 10.2. The van der Waals surface area contributed by atoms with Gasteiger partial charge in [0.1, 0.15) is 0 Å². The highest BCUT2D eigenvalue weighted by atomic mass is 32.2. The van der Waals surface area contributed by atoms with Crippen molar-refractivity contribution in [3.05, 3.63) is 0 Å². The van der Waals surface area contributed by atoms with Gasteiger partial charge in [0.2, 0.25) is 0 Å². The number of nitrogens with one attached hydrogen (secondary N) is 2. The van der Waals surface area contributed by atoms with Gasteiger partial charge >= 0.3 is 0 Å². The molecule has 2 saturated heterocycles. The summed E-state index contributed by atoms with van der Waals surface area (Å²) in [4.78, 5) is 6.73. The molecule has 0 bridgehead atoms. The van der Waals surface area contributed by atoms with Crippen molar-refractivity contribution in [2.24, 2.45) is 4.99 Å². The highest BCUT2D eigenvalue weighted by Crippen LogP contribution is 2.25. The fourth-order valence-electron chi connectivity index (χ4n) is 3.02. The lowest BCUT2D eigenvalue weighted by Gasteiger charge is -2.43. The predicted octanol–water partition coefficient (Wildman–Crippen LogP) is 1.16. The number of aliphatic imine (C=N–C) groups is 1. The zero-order valence-corrected chi connectivity index (χ0v) is 14.5. The predicted molar refractivity (Wildman–Crippen MR) is 91.3 cm³/mol. The number of nitrogens with zero attached hydrogens (tertiary/aromatic N) is 2. The maximum absolute atomic E-state index is 5.53. The quantitative estimate of drug-likeness (QED) is 0.602. The Labute approximate surface area is 133 Å². The lowest BCUT2D eigenvalue weighted by atomic mass is 9.88. The second-order valence-electron chi connectivity index (χ2n) is 6.22. The van der Waals surface area contributed by atoms with E-state index in [1.165, 1.54) is 24.3 Å². The minimum absolute atomic E-state index is 0.178. The van der Waals surface area contributed by atoms with Crippen LogP contribution in [0, 0.1) is 0 Å². The Hall–Kier alpha value is -0.460. The van der Waals surface area contributed by atoms with Crippen molar-refractivity contribution in [2.45, 2.75) is 37.3 Å². The molecule has 2 aliphatic heterocycles. The van der Waals surface area contributed by atoms with Gasteiger partial charge in [0.15, 0.2) is 5.96 Å². The molecule has 122 valence electrons. The van der Waals surface area contributed by atoms with Crippen molar-refractivity contribution in [1.82, 2.24) is 15.5 Å². The summed E-state index contributed by atoms with van der Waals surface area (Å²) in [6, 6.07) is 0.556. The summed E-state index contributed by atoms with van der Waals surface area (Å²) in [5, 5.41) is 7.11. The molecule has 2 N–H and O–H groups in total. The van der Waals surface area contributed by atoms with Crippen molar-refractivity contribution >= 4 is 17.7 Å². The van der Waals surface area contributed by atoms with Gasteiger partial charge < -0.3 is 20.3 Å². The number of guanidine groups is 1. The molecule has 0 amide bonds. The molecular formula is C15H30N4OS. The van der Waals surface area contributed by atoms with Crippen LogP contribution < -0.4 is 10.6 Å². The van der Waals surface area contributed by atoms with Gasteiger partial charge in [0.25, 0.3) is 0 Å². The Morgan fingerprint density at radius 3 is 2.71 bits per heavy atom. The third kappa shape index (κ3) is 4.76. The van der Waals surface area contributed by atoms with Gasteiger partial charge in [-0.2, -0.15) is 11.8 Å². The second-order valence-corrected chi connectivity index (χ2v) is 7.37. The van der Waals surface area contributed by atoms with Crippen LogP contribution in [-0.2, 0) is 4.74 Å². The third-order valence-corrected chi connectivity index (χ3v) is 5.90. The normalized spacial score (nSPS) is 26.7. The van der Waals surface area contributed by atoms with E-state index < -0.39 is 0 Å². The van der Waals surface area contributed by atoms with Crippen molar-refractivity contribution in [1.29, 1.82) is 0 Å². The van der Waals surface area contributed by atoms with E-state index in [0.29, 0.717) is 6.04 Å². The number of hydrogen-bond donors (Lipinski definition) is 2. The Kier molecular flexibility index (Phi) is 6.64. The van der Waals surface area contributed by atoms with Crippen LogP contribution in [0.4, 0.5) is 0 Å². The molecule has 1 unspecified atom stereocenters. The first-order valence-corrected chi connectivity index (χ1v) is 9.12. The molecule has 1 atom stereocenters. The van der Waals surface area contributed by atoms with Crippen LogP contribution in [0.5, 0.6) is 0 Å². The molecule has 2 fully saturated rings. The molecule has 2 aliphatic rings. The molecule has 0 radical (unpaired) electrons. The summed E-state index contributed by atoms with van der Waals surface area (Å²) in [6.07, 6.45) is 4.70. The minimum Gasteiger partial charge on any atom is -0.381 e. The van der Waals surface area contributed by atoms with E-state index in [2.05, 4.69) is 34.6 Å². The maximum Gasteiger partial charge on any atom is 0.191 e. The number of thioether (sulfide) groups is 1. The second kappa shape index (κ2) is 8.25. The van der Waals surface area contributed by atoms with Crippen molar-refractivity contribution in [3.8, 4) is 0 Å². The van der Waals surface area contributed by atoms with Crippen LogP contribution >= 0.6 is 11.8 Å². The number of likely N-dealkylation sites (N-methyl/N-ethyl adjacent to an activating group) is 1. The minimum atomic E-state index is 0.178. The van der Waals surface area contributed by atoms with E-state index in [1.54, 1.807) is 0 Å². The molecule has 0 spiro atoms. The number of rotatable bonds is 4. The summed E-state index contributed by atoms with van der Waals surface area (Å²) in [6.45, 7) is 2.62. The lowest BCUT2D eigenvalue weighted by molar-refractivity contribution is -0.00502. The first kappa shape index (κ1) is 16.9. The van der Waals surface area contributed by atoms with Gasteiger partial charge in [-0.05, 0) is 45.5 Å². The fourth-order valence-corrected chi connectivity index (χ4v) is 4.10. The van der Waals surface area contributed by atoms with Crippen molar-refractivity contribution in [2.75, 3.05) is 52.4 Å². The van der Waals surface area contributed by atoms with Gasteiger partial charge in [-0.15, -0.1) is 0 Å². The Morgan fingerprint density at radius 2 is 2.14 bits per heavy atom. The van der Waals surface area contributed by atoms with Crippen LogP contribution in [0.25, 0.3) is 0 Å². The largest absolute Gasteiger partial charge is 0.381 e. The number of ether oxygens (including phenoxy) is 1.